The third-order valence-electron chi connectivity index (χ3n) is 3.71. The molecule has 0 unspecified atom stereocenters. The number of carboxylic acids is 1. The van der Waals surface area contributed by atoms with E-state index >= 15 is 0 Å². The van der Waals surface area contributed by atoms with Crippen LogP contribution in [0.4, 0.5) is 4.39 Å². The fraction of sp³-hybridized carbons (Fsp3) is 0.188. The van der Waals surface area contributed by atoms with Gasteiger partial charge in [-0.2, -0.15) is 0 Å². The van der Waals surface area contributed by atoms with Crippen molar-refractivity contribution in [1.29, 1.82) is 0 Å². The molecule has 0 saturated carbocycles. The van der Waals surface area contributed by atoms with Crippen molar-refractivity contribution in [2.75, 3.05) is 0 Å². The Labute approximate surface area is 152 Å². The predicted molar refractivity (Wildman–Crippen MR) is 96.3 cm³/mol. The Balaban J connectivity index is 0.00000208. The molecule has 1 aliphatic heterocycles. The highest BCUT2D eigenvalue weighted by Gasteiger charge is 2.31. The SMILES string of the molecule is Br.CC1=C(C(=O)O)[C@H](c2cccc(F)c2C)N=C(c2nccs2)N1. The number of amidine groups is 1. The van der Waals surface area contributed by atoms with Crippen LogP contribution in [0.15, 0.2) is 46.0 Å². The largest absolute Gasteiger partial charge is 0.478 e. The Morgan fingerprint density at radius 2 is 2.12 bits per heavy atom. The predicted octanol–water partition coefficient (Wildman–Crippen LogP) is 3.62. The summed E-state index contributed by atoms with van der Waals surface area (Å²) in [7, 11) is 0. The van der Waals surface area contributed by atoms with Gasteiger partial charge in [-0.05, 0) is 31.0 Å². The standard InChI is InChI=1S/C16H14FN3O2S.BrH/c1-8-10(4-3-5-11(8)17)13-12(16(21)22)9(2)19-14(20-13)15-18-6-7-23-15;/h3-7,13H,1-2H3,(H,19,20)(H,21,22);1H/t13-;/m0./s1. The number of aromatic nitrogens is 1. The zero-order valence-corrected chi connectivity index (χ0v) is 15.4. The van der Waals surface area contributed by atoms with Crippen LogP contribution in [0.2, 0.25) is 0 Å². The molecule has 3 rings (SSSR count). The molecule has 1 aromatic carbocycles. The molecule has 5 nitrogen and oxygen atoms in total. The number of aliphatic carboxylic acids is 1. The second-order valence-electron chi connectivity index (χ2n) is 5.14. The Morgan fingerprint density at radius 1 is 1.38 bits per heavy atom. The minimum atomic E-state index is -1.08. The highest BCUT2D eigenvalue weighted by atomic mass is 79.9. The first-order valence-electron chi connectivity index (χ1n) is 6.92. The molecule has 0 fully saturated rings. The third-order valence-corrected chi connectivity index (χ3v) is 4.49. The Kier molecular flexibility index (Phi) is 5.51. The molecule has 2 N–H and O–H groups in total. The fourth-order valence-electron chi connectivity index (χ4n) is 2.55. The van der Waals surface area contributed by atoms with Crippen molar-refractivity contribution in [3.05, 3.63) is 63.0 Å². The number of rotatable bonds is 3. The molecule has 2 aromatic rings. The summed E-state index contributed by atoms with van der Waals surface area (Å²) in [5, 5.41) is 15.0. The summed E-state index contributed by atoms with van der Waals surface area (Å²) in [6.45, 7) is 3.30. The van der Waals surface area contributed by atoms with Crippen molar-refractivity contribution in [3.63, 3.8) is 0 Å². The summed E-state index contributed by atoms with van der Waals surface area (Å²) in [5.74, 6) is -0.962. The van der Waals surface area contributed by atoms with E-state index < -0.39 is 12.0 Å². The molecule has 8 heteroatoms. The van der Waals surface area contributed by atoms with Crippen molar-refractivity contribution in [3.8, 4) is 0 Å². The van der Waals surface area contributed by atoms with Gasteiger partial charge < -0.3 is 10.4 Å². The fourth-order valence-corrected chi connectivity index (χ4v) is 3.14. The van der Waals surface area contributed by atoms with Gasteiger partial charge in [0, 0.05) is 17.3 Å². The molecule has 0 spiro atoms. The highest BCUT2D eigenvalue weighted by Crippen LogP contribution is 2.34. The van der Waals surface area contributed by atoms with E-state index in [0.717, 1.165) is 0 Å². The Hall–Kier alpha value is -2.06. The van der Waals surface area contributed by atoms with E-state index in [2.05, 4.69) is 15.3 Å². The lowest BCUT2D eigenvalue weighted by molar-refractivity contribution is -0.133. The van der Waals surface area contributed by atoms with Gasteiger partial charge in [-0.15, -0.1) is 28.3 Å². The van der Waals surface area contributed by atoms with Gasteiger partial charge >= 0.3 is 5.97 Å². The van der Waals surface area contributed by atoms with Crippen LogP contribution in [-0.2, 0) is 4.79 Å². The second-order valence-corrected chi connectivity index (χ2v) is 6.03. The van der Waals surface area contributed by atoms with Crippen LogP contribution in [0.5, 0.6) is 0 Å². The van der Waals surface area contributed by atoms with Gasteiger partial charge in [-0.1, -0.05) is 12.1 Å². The van der Waals surface area contributed by atoms with Crippen LogP contribution in [0.3, 0.4) is 0 Å². The summed E-state index contributed by atoms with van der Waals surface area (Å²) in [6.07, 6.45) is 1.65. The molecular weight excluding hydrogens is 397 g/mol. The summed E-state index contributed by atoms with van der Waals surface area (Å²) < 4.78 is 13.9. The molecule has 1 atom stereocenters. The first-order valence-corrected chi connectivity index (χ1v) is 7.80. The first-order chi connectivity index (χ1) is 11.0. The maximum atomic E-state index is 13.9. The zero-order valence-electron chi connectivity index (χ0n) is 12.9. The number of benzene rings is 1. The number of carbonyl (C=O) groups is 1. The van der Waals surface area contributed by atoms with E-state index in [0.29, 0.717) is 27.7 Å². The molecule has 0 bridgehead atoms. The van der Waals surface area contributed by atoms with E-state index in [1.165, 1.54) is 17.4 Å². The summed E-state index contributed by atoms with van der Waals surface area (Å²) in [4.78, 5) is 20.4. The van der Waals surface area contributed by atoms with Gasteiger partial charge in [-0.25, -0.2) is 14.2 Å². The molecule has 1 aromatic heterocycles. The second kappa shape index (κ2) is 7.23. The lowest BCUT2D eigenvalue weighted by atomic mass is 9.92. The number of hydrogen-bond acceptors (Lipinski definition) is 5. The number of nitrogens with zero attached hydrogens (tertiary/aromatic N) is 2. The number of halogens is 2. The van der Waals surface area contributed by atoms with Crippen molar-refractivity contribution >= 4 is 40.1 Å². The van der Waals surface area contributed by atoms with E-state index in [1.54, 1.807) is 32.2 Å². The van der Waals surface area contributed by atoms with Gasteiger partial charge in [0.05, 0.1) is 5.57 Å². The number of aliphatic imine (C=N–C) groups is 1. The van der Waals surface area contributed by atoms with Gasteiger partial charge in [-0.3, -0.25) is 4.99 Å². The van der Waals surface area contributed by atoms with Crippen LogP contribution in [0.25, 0.3) is 0 Å². The number of thiazole rings is 1. The third kappa shape index (κ3) is 3.25. The van der Waals surface area contributed by atoms with Crippen LogP contribution in [0.1, 0.15) is 29.1 Å². The Bertz CT molecular complexity index is 834. The Morgan fingerprint density at radius 3 is 2.75 bits per heavy atom. The van der Waals surface area contributed by atoms with Gasteiger partial charge in [0.15, 0.2) is 10.8 Å². The molecule has 1 aliphatic rings. The minimum Gasteiger partial charge on any atom is -0.478 e. The van der Waals surface area contributed by atoms with E-state index in [4.69, 9.17) is 0 Å². The zero-order chi connectivity index (χ0) is 16.6. The van der Waals surface area contributed by atoms with Crippen LogP contribution in [-0.4, -0.2) is 21.9 Å². The topological polar surface area (TPSA) is 74.6 Å². The molecule has 24 heavy (non-hydrogen) atoms. The lowest BCUT2D eigenvalue weighted by Crippen LogP contribution is -2.32. The normalized spacial score (nSPS) is 17.0. The van der Waals surface area contributed by atoms with Gasteiger partial charge in [0.1, 0.15) is 11.9 Å². The monoisotopic (exact) mass is 411 g/mol. The number of hydrogen-bond donors (Lipinski definition) is 2. The average Bonchev–Trinajstić information content (AvgIpc) is 3.03. The molecule has 0 radical (unpaired) electrons. The van der Waals surface area contributed by atoms with Gasteiger partial charge in [0.2, 0.25) is 0 Å². The maximum Gasteiger partial charge on any atom is 0.335 e. The minimum absolute atomic E-state index is 0. The van der Waals surface area contributed by atoms with Crippen molar-refractivity contribution in [2.24, 2.45) is 4.99 Å². The van der Waals surface area contributed by atoms with Crippen LogP contribution < -0.4 is 5.32 Å². The first kappa shape index (κ1) is 18.3. The molecule has 0 amide bonds. The summed E-state index contributed by atoms with van der Waals surface area (Å²) in [6, 6.07) is 3.84. The maximum absolute atomic E-state index is 13.9. The van der Waals surface area contributed by atoms with Crippen LogP contribution >= 0.6 is 28.3 Å². The highest BCUT2D eigenvalue weighted by molar-refractivity contribution is 8.93. The summed E-state index contributed by atoms with van der Waals surface area (Å²) in [5.41, 5.74) is 1.52. The lowest BCUT2D eigenvalue weighted by Gasteiger charge is -2.25. The van der Waals surface area contributed by atoms with Crippen molar-refractivity contribution in [1.82, 2.24) is 10.3 Å². The quantitative estimate of drug-likeness (QED) is 0.808. The molecule has 126 valence electrons. The average molecular weight is 412 g/mol. The van der Waals surface area contributed by atoms with E-state index in [9.17, 15) is 14.3 Å². The summed E-state index contributed by atoms with van der Waals surface area (Å²) >= 11 is 1.40. The van der Waals surface area contributed by atoms with Crippen molar-refractivity contribution < 1.29 is 14.3 Å². The van der Waals surface area contributed by atoms with Crippen LogP contribution in [0, 0.1) is 12.7 Å². The molecule has 2 heterocycles. The van der Waals surface area contributed by atoms with Gasteiger partial charge in [0.25, 0.3) is 0 Å². The number of carboxylic acid groups (broad SMARTS) is 1. The van der Waals surface area contributed by atoms with E-state index in [1.807, 2.05) is 5.38 Å². The van der Waals surface area contributed by atoms with E-state index in [-0.39, 0.29) is 28.4 Å². The molecule has 0 aliphatic carbocycles. The number of allylic oxidation sites excluding steroid dienone is 1. The number of nitrogens with one attached hydrogen (secondary N) is 1. The molecular formula is C16H15BrFN3O2S. The smallest absolute Gasteiger partial charge is 0.335 e. The molecule has 0 saturated heterocycles. The van der Waals surface area contributed by atoms with Crippen molar-refractivity contribution in [2.45, 2.75) is 19.9 Å².